The lowest BCUT2D eigenvalue weighted by atomic mass is 10.1. The SMILES string of the molecule is CC1Cc2ccccc2N1C(=O)CS(=O)(=O)CCCc1ccccc1. The number of sulfone groups is 1. The number of hydrogen-bond donors (Lipinski definition) is 0. The first-order valence-corrected chi connectivity index (χ1v) is 10.4. The van der Waals surface area contributed by atoms with Crippen molar-refractivity contribution < 1.29 is 13.2 Å². The minimum absolute atomic E-state index is 0.00409. The lowest BCUT2D eigenvalue weighted by Crippen LogP contribution is -2.40. The van der Waals surface area contributed by atoms with Gasteiger partial charge in [-0.1, -0.05) is 48.5 Å². The number of benzene rings is 2. The van der Waals surface area contributed by atoms with Gasteiger partial charge in [-0.05, 0) is 43.4 Å². The molecule has 0 radical (unpaired) electrons. The Kier molecular flexibility index (Phi) is 5.23. The molecule has 1 amide bonds. The van der Waals surface area contributed by atoms with E-state index in [-0.39, 0.29) is 17.7 Å². The fourth-order valence-corrected chi connectivity index (χ4v) is 4.66. The topological polar surface area (TPSA) is 54.5 Å². The highest BCUT2D eigenvalue weighted by Gasteiger charge is 2.32. The predicted molar refractivity (Wildman–Crippen MR) is 101 cm³/mol. The highest BCUT2D eigenvalue weighted by molar-refractivity contribution is 7.92. The Balaban J connectivity index is 1.60. The largest absolute Gasteiger partial charge is 0.308 e. The van der Waals surface area contributed by atoms with Crippen LogP contribution in [-0.2, 0) is 27.5 Å². The maximum absolute atomic E-state index is 12.6. The molecule has 0 aliphatic carbocycles. The van der Waals surface area contributed by atoms with Crippen molar-refractivity contribution in [2.45, 2.75) is 32.2 Å². The minimum Gasteiger partial charge on any atom is -0.308 e. The summed E-state index contributed by atoms with van der Waals surface area (Å²) in [5, 5.41) is 0. The van der Waals surface area contributed by atoms with Gasteiger partial charge in [-0.3, -0.25) is 4.79 Å². The maximum Gasteiger partial charge on any atom is 0.242 e. The fourth-order valence-electron chi connectivity index (χ4n) is 3.42. The van der Waals surface area contributed by atoms with Crippen LogP contribution in [0.1, 0.15) is 24.5 Å². The first-order valence-electron chi connectivity index (χ1n) is 8.60. The molecule has 2 aromatic rings. The van der Waals surface area contributed by atoms with Crippen molar-refractivity contribution >= 4 is 21.4 Å². The van der Waals surface area contributed by atoms with Crippen LogP contribution in [0.5, 0.6) is 0 Å². The van der Waals surface area contributed by atoms with Crippen molar-refractivity contribution in [3.63, 3.8) is 0 Å². The summed E-state index contributed by atoms with van der Waals surface area (Å²) in [6.07, 6.45) is 2.01. The zero-order valence-electron chi connectivity index (χ0n) is 14.4. The van der Waals surface area contributed by atoms with Crippen molar-refractivity contribution in [1.82, 2.24) is 0 Å². The third kappa shape index (κ3) is 4.28. The first-order chi connectivity index (χ1) is 12.0. The van der Waals surface area contributed by atoms with Crippen molar-refractivity contribution in [2.75, 3.05) is 16.4 Å². The summed E-state index contributed by atoms with van der Waals surface area (Å²) in [7, 11) is -3.41. The van der Waals surface area contributed by atoms with Crippen LogP contribution in [0.3, 0.4) is 0 Å². The average Bonchev–Trinajstić information content (AvgIpc) is 2.91. The third-order valence-electron chi connectivity index (χ3n) is 4.58. The second kappa shape index (κ2) is 7.40. The molecule has 0 saturated heterocycles. The molecular formula is C20H23NO3S. The number of para-hydroxylation sites is 1. The van der Waals surface area contributed by atoms with Crippen LogP contribution in [-0.4, -0.2) is 31.9 Å². The lowest BCUT2D eigenvalue weighted by molar-refractivity contribution is -0.116. The summed E-state index contributed by atoms with van der Waals surface area (Å²) in [4.78, 5) is 14.3. The standard InChI is InChI=1S/C20H23NO3S/c1-16-14-18-11-5-6-12-19(18)21(16)20(22)15-25(23,24)13-7-10-17-8-3-2-4-9-17/h2-6,8-9,11-12,16H,7,10,13-15H2,1H3. The zero-order chi connectivity index (χ0) is 17.9. The van der Waals surface area contributed by atoms with E-state index in [1.807, 2.05) is 61.5 Å². The number of carbonyl (C=O) groups is 1. The lowest BCUT2D eigenvalue weighted by Gasteiger charge is -2.22. The molecule has 3 rings (SSSR count). The summed E-state index contributed by atoms with van der Waals surface area (Å²) in [5.41, 5.74) is 3.07. The quantitative estimate of drug-likeness (QED) is 0.798. The molecule has 1 aliphatic heterocycles. The molecule has 0 spiro atoms. The minimum atomic E-state index is -3.41. The van der Waals surface area contributed by atoms with Crippen LogP contribution in [0, 0.1) is 0 Å². The van der Waals surface area contributed by atoms with Gasteiger partial charge in [0.1, 0.15) is 5.75 Å². The number of fused-ring (bicyclic) bond motifs is 1. The van der Waals surface area contributed by atoms with Gasteiger partial charge >= 0.3 is 0 Å². The highest BCUT2D eigenvalue weighted by atomic mass is 32.2. The fraction of sp³-hybridized carbons (Fsp3) is 0.350. The van der Waals surface area contributed by atoms with E-state index < -0.39 is 15.6 Å². The molecule has 25 heavy (non-hydrogen) atoms. The second-order valence-electron chi connectivity index (χ2n) is 6.63. The van der Waals surface area contributed by atoms with Crippen molar-refractivity contribution in [3.8, 4) is 0 Å². The molecule has 1 aliphatic rings. The molecule has 1 atom stereocenters. The Labute approximate surface area is 149 Å². The monoisotopic (exact) mass is 357 g/mol. The zero-order valence-corrected chi connectivity index (χ0v) is 15.2. The van der Waals surface area contributed by atoms with Gasteiger partial charge in [0.15, 0.2) is 9.84 Å². The van der Waals surface area contributed by atoms with Crippen LogP contribution >= 0.6 is 0 Å². The molecule has 2 aromatic carbocycles. The van der Waals surface area contributed by atoms with Gasteiger partial charge < -0.3 is 4.90 Å². The molecule has 0 saturated carbocycles. The van der Waals surface area contributed by atoms with Crippen LogP contribution < -0.4 is 4.90 Å². The molecule has 1 unspecified atom stereocenters. The Morgan fingerprint density at radius 1 is 1.08 bits per heavy atom. The number of carbonyl (C=O) groups excluding carboxylic acids is 1. The number of hydrogen-bond acceptors (Lipinski definition) is 3. The molecular weight excluding hydrogens is 334 g/mol. The number of amides is 1. The van der Waals surface area contributed by atoms with Gasteiger partial charge in [-0.15, -0.1) is 0 Å². The molecule has 132 valence electrons. The average molecular weight is 357 g/mol. The Morgan fingerprint density at radius 2 is 1.76 bits per heavy atom. The van der Waals surface area contributed by atoms with Gasteiger partial charge in [-0.25, -0.2) is 8.42 Å². The van der Waals surface area contributed by atoms with E-state index in [0.29, 0.717) is 12.8 Å². The first kappa shape index (κ1) is 17.7. The highest BCUT2D eigenvalue weighted by Crippen LogP contribution is 2.31. The molecule has 4 nitrogen and oxygen atoms in total. The number of rotatable bonds is 6. The van der Waals surface area contributed by atoms with E-state index in [0.717, 1.165) is 23.2 Å². The Bertz CT molecular complexity index is 846. The van der Waals surface area contributed by atoms with Crippen molar-refractivity contribution in [1.29, 1.82) is 0 Å². The Morgan fingerprint density at radius 3 is 2.52 bits per heavy atom. The summed E-state index contributed by atoms with van der Waals surface area (Å²) >= 11 is 0. The summed E-state index contributed by atoms with van der Waals surface area (Å²) in [6, 6.07) is 17.5. The molecule has 1 heterocycles. The molecule has 5 heteroatoms. The van der Waals surface area contributed by atoms with Crippen LogP contribution in [0.25, 0.3) is 0 Å². The van der Waals surface area contributed by atoms with E-state index in [9.17, 15) is 13.2 Å². The molecule has 0 fully saturated rings. The summed E-state index contributed by atoms with van der Waals surface area (Å²) in [6.45, 7) is 1.96. The summed E-state index contributed by atoms with van der Waals surface area (Å²) in [5.74, 6) is -0.699. The normalized spacial score (nSPS) is 16.7. The van der Waals surface area contributed by atoms with Gasteiger partial charge in [-0.2, -0.15) is 0 Å². The maximum atomic E-state index is 12.6. The smallest absolute Gasteiger partial charge is 0.242 e. The van der Waals surface area contributed by atoms with Gasteiger partial charge in [0.2, 0.25) is 5.91 Å². The van der Waals surface area contributed by atoms with E-state index in [1.54, 1.807) is 4.90 Å². The van der Waals surface area contributed by atoms with E-state index in [2.05, 4.69) is 0 Å². The van der Waals surface area contributed by atoms with Crippen LogP contribution in [0.2, 0.25) is 0 Å². The van der Waals surface area contributed by atoms with E-state index in [1.165, 1.54) is 0 Å². The van der Waals surface area contributed by atoms with Gasteiger partial charge in [0, 0.05) is 11.7 Å². The molecule has 0 aromatic heterocycles. The van der Waals surface area contributed by atoms with Crippen LogP contribution in [0.4, 0.5) is 5.69 Å². The van der Waals surface area contributed by atoms with Gasteiger partial charge in [0.25, 0.3) is 0 Å². The van der Waals surface area contributed by atoms with E-state index >= 15 is 0 Å². The van der Waals surface area contributed by atoms with Gasteiger partial charge in [0.05, 0.1) is 5.75 Å². The van der Waals surface area contributed by atoms with Crippen LogP contribution in [0.15, 0.2) is 54.6 Å². The van der Waals surface area contributed by atoms with Crippen molar-refractivity contribution in [3.05, 3.63) is 65.7 Å². The summed E-state index contributed by atoms with van der Waals surface area (Å²) < 4.78 is 24.7. The molecule has 0 bridgehead atoms. The predicted octanol–water partition coefficient (Wildman–Crippen LogP) is 3.01. The molecule has 0 N–H and O–H groups in total. The Hall–Kier alpha value is -2.14. The second-order valence-corrected chi connectivity index (χ2v) is 8.81. The number of anilines is 1. The number of aryl methyl sites for hydroxylation is 1. The van der Waals surface area contributed by atoms with Crippen molar-refractivity contribution in [2.24, 2.45) is 0 Å². The van der Waals surface area contributed by atoms with E-state index in [4.69, 9.17) is 0 Å². The third-order valence-corrected chi connectivity index (χ3v) is 6.18. The number of nitrogens with zero attached hydrogens (tertiary/aromatic N) is 1.